The van der Waals surface area contributed by atoms with E-state index in [2.05, 4.69) is 5.32 Å². The number of halogens is 1. The molecular formula is C5H11ClHgN2O2. The van der Waals surface area contributed by atoms with Gasteiger partial charge in [-0.15, -0.1) is 0 Å². The van der Waals surface area contributed by atoms with E-state index in [0.717, 1.165) is 3.93 Å². The zero-order valence-corrected chi connectivity index (χ0v) is 12.7. The van der Waals surface area contributed by atoms with E-state index >= 15 is 0 Å². The van der Waals surface area contributed by atoms with Crippen molar-refractivity contribution in [3.8, 4) is 0 Å². The maximum absolute atomic E-state index is 10.3. The first-order valence-corrected chi connectivity index (χ1v) is 14.0. The van der Waals surface area contributed by atoms with Crippen LogP contribution in [0.5, 0.6) is 0 Å². The van der Waals surface area contributed by atoms with Gasteiger partial charge in [0.2, 0.25) is 0 Å². The van der Waals surface area contributed by atoms with Crippen molar-refractivity contribution in [2.75, 3.05) is 13.7 Å². The zero-order chi connectivity index (χ0) is 8.69. The number of primary amides is 1. The summed E-state index contributed by atoms with van der Waals surface area (Å²) in [5.74, 6) is 0. The third kappa shape index (κ3) is 6.84. The molecule has 0 saturated heterocycles. The van der Waals surface area contributed by atoms with Crippen LogP contribution < -0.4 is 11.1 Å². The van der Waals surface area contributed by atoms with Gasteiger partial charge in [0.25, 0.3) is 0 Å². The van der Waals surface area contributed by atoms with Crippen molar-refractivity contribution in [2.45, 2.75) is 10.0 Å². The fourth-order valence-electron chi connectivity index (χ4n) is 0.639. The second-order valence-electron chi connectivity index (χ2n) is 2.08. The number of hydrogen-bond donors (Lipinski definition) is 2. The van der Waals surface area contributed by atoms with Crippen LogP contribution in [-0.2, 0) is 28.1 Å². The van der Waals surface area contributed by atoms with Crippen molar-refractivity contribution in [1.29, 1.82) is 0 Å². The number of carbonyl (C=O) groups excluding carboxylic acids is 1. The number of rotatable bonds is 5. The number of carbonyl (C=O) groups is 1. The molecule has 2 amide bonds. The van der Waals surface area contributed by atoms with Crippen molar-refractivity contribution in [2.24, 2.45) is 5.73 Å². The number of methoxy groups -OCH3 is 1. The minimum absolute atomic E-state index is 0.0571. The quantitative estimate of drug-likeness (QED) is 0.688. The molecule has 0 aromatic carbocycles. The number of amides is 2. The van der Waals surface area contributed by atoms with E-state index in [1.807, 2.05) is 0 Å². The molecule has 62 valence electrons. The molecule has 0 aliphatic rings. The molecule has 0 aromatic heterocycles. The molecule has 11 heavy (non-hydrogen) atoms. The molecule has 6 heteroatoms. The van der Waals surface area contributed by atoms with Gasteiger partial charge >= 0.3 is 81.9 Å². The molecule has 0 bridgehead atoms. The summed E-state index contributed by atoms with van der Waals surface area (Å²) in [5.41, 5.74) is 4.87. The second-order valence-corrected chi connectivity index (χ2v) is 9.11. The van der Waals surface area contributed by atoms with E-state index in [1.54, 1.807) is 7.11 Å². The van der Waals surface area contributed by atoms with Crippen LogP contribution in [0.15, 0.2) is 0 Å². The molecule has 0 unspecified atom stereocenters. The summed E-state index contributed by atoms with van der Waals surface area (Å²) >= 11 is -1.16. The number of urea groups is 1. The summed E-state index contributed by atoms with van der Waals surface area (Å²) in [5, 5.41) is 2.47. The predicted molar refractivity (Wildman–Crippen MR) is 39.0 cm³/mol. The Morgan fingerprint density at radius 1 is 1.91 bits per heavy atom. The van der Waals surface area contributed by atoms with Gasteiger partial charge in [0.1, 0.15) is 0 Å². The molecule has 0 heterocycles. The van der Waals surface area contributed by atoms with E-state index in [4.69, 9.17) is 18.7 Å². The zero-order valence-electron chi connectivity index (χ0n) is 6.47. The van der Waals surface area contributed by atoms with E-state index in [1.165, 1.54) is 0 Å². The SMILES string of the molecule is CO[C@@H](CNC(N)=O)[CH2][Hg][Cl]. The summed E-state index contributed by atoms with van der Waals surface area (Å²) in [6.45, 7) is 0.471. The molecule has 3 N–H and O–H groups in total. The summed E-state index contributed by atoms with van der Waals surface area (Å²) in [4.78, 5) is 10.3. The van der Waals surface area contributed by atoms with Gasteiger partial charge < -0.3 is 0 Å². The van der Waals surface area contributed by atoms with Gasteiger partial charge in [-0.05, 0) is 0 Å². The average Bonchev–Trinajstić information content (AvgIpc) is 1.97. The maximum atomic E-state index is 10.3. The molecule has 0 saturated carbocycles. The Hall–Kier alpha value is 0.455. The van der Waals surface area contributed by atoms with E-state index in [0.29, 0.717) is 6.54 Å². The molecule has 4 nitrogen and oxygen atoms in total. The fraction of sp³-hybridized carbons (Fsp3) is 0.800. The predicted octanol–water partition coefficient (Wildman–Crippen LogP) is 0.324. The molecule has 0 fully saturated rings. The summed E-state index contributed by atoms with van der Waals surface area (Å²) in [6, 6.07) is -0.515. The van der Waals surface area contributed by atoms with Gasteiger partial charge in [0.05, 0.1) is 0 Å². The van der Waals surface area contributed by atoms with Gasteiger partial charge in [0.15, 0.2) is 0 Å². The number of ether oxygens (including phenoxy) is 1. The van der Waals surface area contributed by atoms with Crippen LogP contribution in [0.2, 0.25) is 3.93 Å². The third-order valence-corrected chi connectivity index (χ3v) is 6.53. The normalized spacial score (nSPS) is 11.8. The van der Waals surface area contributed by atoms with Crippen molar-refractivity contribution in [3.05, 3.63) is 0 Å². The second kappa shape index (κ2) is 7.12. The first-order chi connectivity index (χ1) is 5.20. The summed E-state index contributed by atoms with van der Waals surface area (Å²) < 4.78 is 5.97. The van der Waals surface area contributed by atoms with Crippen LogP contribution in [0.25, 0.3) is 0 Å². The third-order valence-electron chi connectivity index (χ3n) is 1.27. The van der Waals surface area contributed by atoms with Crippen LogP contribution in [0.1, 0.15) is 0 Å². The van der Waals surface area contributed by atoms with Crippen LogP contribution >= 0.6 is 8.25 Å². The van der Waals surface area contributed by atoms with Crippen LogP contribution in [0.3, 0.4) is 0 Å². The first-order valence-electron chi connectivity index (χ1n) is 3.32. The number of hydrogen-bond acceptors (Lipinski definition) is 2. The summed E-state index contributed by atoms with van der Waals surface area (Å²) in [7, 11) is 7.29. The molecular weight excluding hydrogens is 356 g/mol. The molecule has 0 rings (SSSR count). The molecule has 0 aliphatic heterocycles. The van der Waals surface area contributed by atoms with Crippen LogP contribution in [-0.4, -0.2) is 25.8 Å². The Morgan fingerprint density at radius 2 is 2.55 bits per heavy atom. The van der Waals surface area contributed by atoms with Crippen LogP contribution in [0.4, 0.5) is 4.79 Å². The molecule has 0 spiro atoms. The monoisotopic (exact) mass is 368 g/mol. The Labute approximate surface area is 81.7 Å². The van der Waals surface area contributed by atoms with Crippen LogP contribution in [0, 0.1) is 0 Å². The number of nitrogens with one attached hydrogen (secondary N) is 1. The van der Waals surface area contributed by atoms with Crippen molar-refractivity contribution < 1.29 is 32.9 Å². The standard InChI is InChI=1S/C5H11N2O2.ClH.Hg/c1-4(9-2)3-7-5(6)8;;/h4H,1,3H2,2H3,(H3,6,7,8);1H;/q;;+1/p-1/t4-;;/m1../s1. The van der Waals surface area contributed by atoms with Crippen molar-refractivity contribution >= 4 is 14.3 Å². The van der Waals surface area contributed by atoms with Gasteiger partial charge in [-0.25, -0.2) is 0 Å². The Morgan fingerprint density at radius 3 is 2.91 bits per heavy atom. The minimum atomic E-state index is -1.16. The van der Waals surface area contributed by atoms with E-state index in [-0.39, 0.29) is 6.10 Å². The Kier molecular flexibility index (Phi) is 7.42. The van der Waals surface area contributed by atoms with Gasteiger partial charge in [-0.1, -0.05) is 0 Å². The van der Waals surface area contributed by atoms with Gasteiger partial charge in [-0.2, -0.15) is 0 Å². The first kappa shape index (κ1) is 11.5. The average molecular weight is 367 g/mol. The van der Waals surface area contributed by atoms with E-state index in [9.17, 15) is 4.79 Å². The molecule has 0 aromatic rings. The van der Waals surface area contributed by atoms with Crippen molar-refractivity contribution in [3.63, 3.8) is 0 Å². The topological polar surface area (TPSA) is 64.3 Å². The van der Waals surface area contributed by atoms with E-state index < -0.39 is 29.4 Å². The Bertz CT molecular complexity index is 125. The molecule has 1 atom stereocenters. The fourth-order valence-corrected chi connectivity index (χ4v) is 5.43. The Balaban J connectivity index is 3.43. The van der Waals surface area contributed by atoms with Gasteiger partial charge in [-0.3, -0.25) is 0 Å². The molecule has 0 aliphatic carbocycles. The number of nitrogens with two attached hydrogens (primary N) is 1. The summed E-state index contributed by atoms with van der Waals surface area (Å²) in [6.07, 6.45) is 0.0571. The van der Waals surface area contributed by atoms with Gasteiger partial charge in [0, 0.05) is 0 Å². The molecule has 0 radical (unpaired) electrons. The van der Waals surface area contributed by atoms with Crippen molar-refractivity contribution in [1.82, 2.24) is 5.32 Å².